The van der Waals surface area contributed by atoms with Crippen molar-refractivity contribution >= 4 is 5.97 Å². The Hall–Kier alpha value is -0.530. The fraction of sp³-hybridized carbons (Fsp3) is 0.900. The van der Waals surface area contributed by atoms with E-state index in [4.69, 9.17) is 5.11 Å². The van der Waals surface area contributed by atoms with Crippen molar-refractivity contribution in [3.8, 4) is 0 Å². The van der Waals surface area contributed by atoms with Gasteiger partial charge < -0.3 is 5.11 Å². The van der Waals surface area contributed by atoms with E-state index in [0.717, 1.165) is 18.3 Å². The van der Waals surface area contributed by atoms with Crippen LogP contribution >= 0.6 is 0 Å². The molecule has 0 amide bonds. The Bertz CT molecular complexity index is 200. The van der Waals surface area contributed by atoms with Crippen LogP contribution in [0.25, 0.3) is 0 Å². The zero-order valence-corrected chi connectivity index (χ0v) is 7.55. The molecule has 1 N–H and O–H groups in total. The molecule has 0 spiro atoms. The van der Waals surface area contributed by atoms with E-state index in [9.17, 15) is 4.79 Å². The average molecular weight is 168 g/mol. The van der Waals surface area contributed by atoms with Crippen LogP contribution in [0.5, 0.6) is 0 Å². The summed E-state index contributed by atoms with van der Waals surface area (Å²) in [6.07, 6.45) is 5.19. The van der Waals surface area contributed by atoms with E-state index in [0.29, 0.717) is 6.42 Å². The van der Waals surface area contributed by atoms with Gasteiger partial charge in [0.1, 0.15) is 0 Å². The molecule has 2 saturated carbocycles. The molecule has 2 heteroatoms. The van der Waals surface area contributed by atoms with Crippen LogP contribution in [0.4, 0.5) is 0 Å². The van der Waals surface area contributed by atoms with Crippen molar-refractivity contribution < 1.29 is 9.90 Å². The van der Waals surface area contributed by atoms with Gasteiger partial charge in [-0.1, -0.05) is 6.92 Å². The van der Waals surface area contributed by atoms with Crippen LogP contribution in [0, 0.1) is 17.3 Å². The minimum atomic E-state index is -0.613. The Kier molecular flexibility index (Phi) is 1.67. The van der Waals surface area contributed by atoms with Crippen LogP contribution < -0.4 is 0 Å². The molecule has 0 aromatic carbocycles. The minimum Gasteiger partial charge on any atom is -0.481 e. The highest BCUT2D eigenvalue weighted by Gasteiger charge is 2.53. The van der Waals surface area contributed by atoms with E-state index in [1.165, 1.54) is 19.3 Å². The molecule has 0 aromatic heterocycles. The monoisotopic (exact) mass is 168 g/mol. The fourth-order valence-electron chi connectivity index (χ4n) is 2.88. The first-order chi connectivity index (χ1) is 5.65. The van der Waals surface area contributed by atoms with Crippen molar-refractivity contribution in [2.45, 2.75) is 39.0 Å². The summed E-state index contributed by atoms with van der Waals surface area (Å²) in [6.45, 7) is 2.13. The van der Waals surface area contributed by atoms with Crippen LogP contribution in [0.1, 0.15) is 39.0 Å². The Morgan fingerprint density at radius 1 is 1.50 bits per heavy atom. The number of carboxylic acids is 1. The summed E-state index contributed by atoms with van der Waals surface area (Å²) < 4.78 is 0. The number of rotatable bonds is 3. The SMILES string of the molecule is CCC1(CC(=O)O)CC2CC2C1. The van der Waals surface area contributed by atoms with Crippen molar-refractivity contribution in [2.75, 3.05) is 0 Å². The van der Waals surface area contributed by atoms with Crippen LogP contribution in [0.3, 0.4) is 0 Å². The molecule has 68 valence electrons. The van der Waals surface area contributed by atoms with E-state index in [-0.39, 0.29) is 5.41 Å². The third-order valence-corrected chi connectivity index (χ3v) is 3.74. The van der Waals surface area contributed by atoms with Crippen LogP contribution in [0.2, 0.25) is 0 Å². The number of hydrogen-bond acceptors (Lipinski definition) is 1. The summed E-state index contributed by atoms with van der Waals surface area (Å²) in [7, 11) is 0. The number of carboxylic acid groups (broad SMARTS) is 1. The van der Waals surface area contributed by atoms with Gasteiger partial charge in [0, 0.05) is 0 Å². The second-order valence-corrected chi connectivity index (χ2v) is 4.59. The van der Waals surface area contributed by atoms with E-state index < -0.39 is 5.97 Å². The number of hydrogen-bond donors (Lipinski definition) is 1. The summed E-state index contributed by atoms with van der Waals surface area (Å²) in [5.74, 6) is 1.17. The van der Waals surface area contributed by atoms with Gasteiger partial charge in [0.15, 0.2) is 0 Å². The summed E-state index contributed by atoms with van der Waals surface area (Å²) in [5, 5.41) is 8.77. The predicted molar refractivity (Wildman–Crippen MR) is 45.8 cm³/mol. The molecular formula is C10H16O2. The predicted octanol–water partition coefficient (Wildman–Crippen LogP) is 2.29. The maximum atomic E-state index is 10.6. The third-order valence-electron chi connectivity index (χ3n) is 3.74. The minimum absolute atomic E-state index is 0.180. The number of fused-ring (bicyclic) bond motifs is 1. The maximum Gasteiger partial charge on any atom is 0.303 e. The first-order valence-electron chi connectivity index (χ1n) is 4.87. The second-order valence-electron chi connectivity index (χ2n) is 4.59. The quantitative estimate of drug-likeness (QED) is 0.702. The molecule has 0 aromatic rings. The highest BCUT2D eigenvalue weighted by atomic mass is 16.4. The van der Waals surface area contributed by atoms with Crippen molar-refractivity contribution in [1.29, 1.82) is 0 Å². The van der Waals surface area contributed by atoms with Crippen molar-refractivity contribution in [1.82, 2.24) is 0 Å². The molecule has 2 nitrogen and oxygen atoms in total. The molecule has 2 atom stereocenters. The van der Waals surface area contributed by atoms with E-state index in [2.05, 4.69) is 6.92 Å². The second kappa shape index (κ2) is 2.48. The van der Waals surface area contributed by atoms with E-state index in [1.54, 1.807) is 0 Å². The number of carbonyl (C=O) groups is 1. The Labute approximate surface area is 73.0 Å². The van der Waals surface area contributed by atoms with Crippen LogP contribution in [0.15, 0.2) is 0 Å². The molecule has 0 saturated heterocycles. The highest BCUT2D eigenvalue weighted by molar-refractivity contribution is 5.67. The lowest BCUT2D eigenvalue weighted by molar-refractivity contribution is -0.139. The largest absolute Gasteiger partial charge is 0.481 e. The summed E-state index contributed by atoms with van der Waals surface area (Å²) in [4.78, 5) is 10.6. The van der Waals surface area contributed by atoms with Crippen molar-refractivity contribution in [3.05, 3.63) is 0 Å². The van der Waals surface area contributed by atoms with Gasteiger partial charge in [-0.05, 0) is 42.9 Å². The molecule has 12 heavy (non-hydrogen) atoms. The van der Waals surface area contributed by atoms with E-state index in [1.807, 2.05) is 0 Å². The molecule has 2 aliphatic carbocycles. The lowest BCUT2D eigenvalue weighted by Crippen LogP contribution is -2.21. The number of aliphatic carboxylic acids is 1. The topological polar surface area (TPSA) is 37.3 Å². The Balaban J connectivity index is 2.00. The van der Waals surface area contributed by atoms with Crippen molar-refractivity contribution in [3.63, 3.8) is 0 Å². The van der Waals surface area contributed by atoms with Gasteiger partial charge in [-0.25, -0.2) is 0 Å². The van der Waals surface area contributed by atoms with Gasteiger partial charge in [-0.3, -0.25) is 4.79 Å². The lowest BCUT2D eigenvalue weighted by Gasteiger charge is -2.27. The van der Waals surface area contributed by atoms with Crippen molar-refractivity contribution in [2.24, 2.45) is 17.3 Å². The molecule has 2 unspecified atom stereocenters. The standard InChI is InChI=1S/C10H16O2/c1-2-10(6-9(11)12)4-7-3-8(7)5-10/h7-8H,2-6H2,1H3,(H,11,12). The van der Waals surface area contributed by atoms with E-state index >= 15 is 0 Å². The zero-order valence-electron chi connectivity index (χ0n) is 7.55. The molecule has 0 radical (unpaired) electrons. The van der Waals surface area contributed by atoms with Gasteiger partial charge in [-0.15, -0.1) is 0 Å². The molecule has 2 aliphatic rings. The van der Waals surface area contributed by atoms with Gasteiger partial charge in [0.2, 0.25) is 0 Å². The van der Waals surface area contributed by atoms with Crippen LogP contribution in [-0.4, -0.2) is 11.1 Å². The normalized spacial score (nSPS) is 44.1. The molecule has 0 bridgehead atoms. The molecule has 2 fully saturated rings. The molecule has 2 rings (SSSR count). The molecule has 0 aliphatic heterocycles. The Morgan fingerprint density at radius 3 is 2.50 bits per heavy atom. The lowest BCUT2D eigenvalue weighted by atomic mass is 9.77. The van der Waals surface area contributed by atoms with Gasteiger partial charge >= 0.3 is 5.97 Å². The maximum absolute atomic E-state index is 10.6. The average Bonchev–Trinajstić information content (AvgIpc) is 2.59. The zero-order chi connectivity index (χ0) is 8.77. The van der Waals surface area contributed by atoms with Crippen LogP contribution in [-0.2, 0) is 4.79 Å². The summed E-state index contributed by atoms with van der Waals surface area (Å²) in [5.41, 5.74) is 0.180. The first-order valence-corrected chi connectivity index (χ1v) is 4.87. The summed E-state index contributed by atoms with van der Waals surface area (Å²) in [6, 6.07) is 0. The van der Waals surface area contributed by atoms with Gasteiger partial charge in [0.05, 0.1) is 6.42 Å². The van der Waals surface area contributed by atoms with Gasteiger partial charge in [0.25, 0.3) is 0 Å². The third kappa shape index (κ3) is 1.23. The summed E-state index contributed by atoms with van der Waals surface area (Å²) >= 11 is 0. The molecular weight excluding hydrogens is 152 g/mol. The Morgan fingerprint density at radius 2 is 2.08 bits per heavy atom. The smallest absolute Gasteiger partial charge is 0.303 e. The van der Waals surface area contributed by atoms with Gasteiger partial charge in [-0.2, -0.15) is 0 Å². The molecule has 0 heterocycles. The highest BCUT2D eigenvalue weighted by Crippen LogP contribution is 2.62. The fourth-order valence-corrected chi connectivity index (χ4v) is 2.88. The first kappa shape index (κ1) is 8.09.